The summed E-state index contributed by atoms with van der Waals surface area (Å²) in [6.07, 6.45) is 2.68. The second-order valence-electron chi connectivity index (χ2n) is 23.0. The Bertz CT molecular complexity index is 4060. The maximum absolute atomic E-state index is 14.9. The van der Waals surface area contributed by atoms with Crippen LogP contribution < -0.4 is 19.5 Å². The average Bonchev–Trinajstić information content (AvgIpc) is 1.76. The molecule has 1 aliphatic heterocycles. The van der Waals surface area contributed by atoms with E-state index in [1.807, 2.05) is 168 Å². The maximum atomic E-state index is 14.9. The number of pyridine rings is 1. The Hall–Kier alpha value is -7.66. The van der Waals surface area contributed by atoms with Gasteiger partial charge >= 0.3 is 0 Å². The summed E-state index contributed by atoms with van der Waals surface area (Å²) in [5, 5.41) is 16.4. The number of carbonyl (C=O) groups is 1. The first kappa shape index (κ1) is 66.8. The van der Waals surface area contributed by atoms with Crippen LogP contribution in [0, 0.1) is 11.3 Å². The Labute approximate surface area is 558 Å². The fourth-order valence-electron chi connectivity index (χ4n) is 12.0. The Balaban J connectivity index is 0.952. The largest absolute Gasteiger partial charge is 0.497 e. The van der Waals surface area contributed by atoms with Crippen molar-refractivity contribution >= 4 is 88.3 Å². The Morgan fingerprint density at radius 2 is 1.29 bits per heavy atom. The lowest BCUT2D eigenvalue weighted by atomic mass is 9.80. The molecule has 3 aromatic heterocycles. The molecule has 1 aliphatic rings. The Morgan fingerprint density at radius 1 is 0.720 bits per heavy atom. The number of hydrogen-bond donors (Lipinski definition) is 1. The number of ether oxygens (including phenoxy) is 5. The minimum atomic E-state index is -1.77. The van der Waals surface area contributed by atoms with Crippen molar-refractivity contribution in [2.75, 3.05) is 51.4 Å². The van der Waals surface area contributed by atoms with Crippen LogP contribution in [0.25, 0.3) is 33.0 Å². The number of aromatic nitrogens is 5. The molecule has 1 saturated heterocycles. The molecule has 1 N–H and O–H groups in total. The molecular weight excluding hydrogens is 1250 g/mol. The second-order valence-corrected chi connectivity index (χ2v) is 27.0. The second kappa shape index (κ2) is 31.5. The smallest absolute Gasteiger partial charge is 0.259 e. The number of hydrogen-bond acceptors (Lipinski definition) is 16. The van der Waals surface area contributed by atoms with E-state index >= 15 is 0 Å². The van der Waals surface area contributed by atoms with Gasteiger partial charge in [0.15, 0.2) is 22.1 Å². The van der Waals surface area contributed by atoms with E-state index in [0.29, 0.717) is 45.0 Å². The van der Waals surface area contributed by atoms with Crippen molar-refractivity contribution in [3.8, 4) is 23.3 Å². The third-order valence-electron chi connectivity index (χ3n) is 16.4. The highest BCUT2D eigenvalue weighted by atomic mass is 35.5. The molecule has 0 radical (unpaired) electrons. The number of methoxy groups -OCH3 is 3. The summed E-state index contributed by atoms with van der Waals surface area (Å²) in [4.78, 5) is 36.1. The third-order valence-corrected chi connectivity index (χ3v) is 21.0. The first-order valence-corrected chi connectivity index (χ1v) is 34.7. The van der Waals surface area contributed by atoms with Gasteiger partial charge in [0.05, 0.1) is 70.1 Å². The summed E-state index contributed by atoms with van der Waals surface area (Å²) in [6, 6.07) is 59.8. The zero-order valence-electron chi connectivity index (χ0n) is 53.2. The predicted molar refractivity (Wildman–Crippen MR) is 372 cm³/mol. The standard InChI is InChI=1S/C73H76ClN8O8PS2/c1-48(2)82(49(3)4)91(88-40-20-39-75)90-63-45-65(89-64(63)46-87-73(52-25-16-10-17-26-52,53-27-32-56(84-5)33-28-53)54-29-34-57(85-6)35-30-54)81-70-67(69(76-47-77-70)80-71(83)66(50-21-12-8-13-22-50)51-23-14-9-15-24-51)79-72(81)93-42-19-11-18-41-92-68-59-37-31-55(74)43-61(59)78-62-44-58(86-7)36-38-60(62)68/h8-10,12-17,21-38,43-44,47-49,63-66H,11,18-20,40-42,45-46H2,1-7H3,(H,76,77,80,83). The van der Waals surface area contributed by atoms with Crippen LogP contribution in [-0.2, 0) is 28.9 Å². The number of unbranched alkanes of at least 4 members (excludes halogenated alkanes) is 2. The molecule has 7 aromatic carbocycles. The minimum absolute atomic E-state index is 0.0226. The molecule has 11 rings (SSSR count). The fraction of sp³-hybridized carbons (Fsp3) is 0.315. The number of fused-ring (bicyclic) bond motifs is 3. The van der Waals surface area contributed by atoms with E-state index in [1.54, 1.807) is 33.1 Å². The van der Waals surface area contributed by atoms with E-state index in [4.69, 9.17) is 64.3 Å². The molecule has 1 amide bonds. The summed E-state index contributed by atoms with van der Waals surface area (Å²) in [5.41, 5.74) is 5.66. The van der Waals surface area contributed by atoms with Gasteiger partial charge < -0.3 is 38.0 Å². The molecule has 4 atom stereocenters. The first-order valence-electron chi connectivity index (χ1n) is 31.3. The van der Waals surface area contributed by atoms with E-state index in [-0.39, 0.29) is 43.4 Å². The minimum Gasteiger partial charge on any atom is -0.497 e. The summed E-state index contributed by atoms with van der Waals surface area (Å²) in [7, 11) is 3.20. The van der Waals surface area contributed by atoms with Crippen molar-refractivity contribution in [1.29, 1.82) is 5.26 Å². The van der Waals surface area contributed by atoms with Crippen LogP contribution in [0.5, 0.6) is 17.2 Å². The summed E-state index contributed by atoms with van der Waals surface area (Å²) >= 11 is 9.93. The van der Waals surface area contributed by atoms with Crippen molar-refractivity contribution in [1.82, 2.24) is 29.2 Å². The molecule has 0 spiro atoms. The number of halogens is 1. The lowest BCUT2D eigenvalue weighted by molar-refractivity contribution is -0.116. The fourth-order valence-corrected chi connectivity index (χ4v) is 16.2. The maximum Gasteiger partial charge on any atom is 0.259 e. The van der Waals surface area contributed by atoms with E-state index < -0.39 is 38.5 Å². The number of rotatable bonds is 30. The topological polar surface area (TPSA) is 177 Å². The number of imidazole rings is 1. The van der Waals surface area contributed by atoms with E-state index in [2.05, 4.69) is 68.0 Å². The number of nitriles is 1. The molecule has 480 valence electrons. The van der Waals surface area contributed by atoms with Crippen molar-refractivity contribution in [2.24, 2.45) is 0 Å². The van der Waals surface area contributed by atoms with Crippen LogP contribution in [0.2, 0.25) is 5.02 Å². The van der Waals surface area contributed by atoms with Crippen LogP contribution >= 0.6 is 43.7 Å². The quantitative estimate of drug-likeness (QED) is 0.0148. The zero-order chi connectivity index (χ0) is 64.8. The van der Waals surface area contributed by atoms with Crippen molar-refractivity contribution < 1.29 is 37.5 Å². The molecule has 4 unspecified atom stereocenters. The van der Waals surface area contributed by atoms with Gasteiger partial charge in [0.25, 0.3) is 8.53 Å². The summed E-state index contributed by atoms with van der Waals surface area (Å²) < 4.78 is 50.3. The number of carbonyl (C=O) groups excluding carboxylic acids is 1. The van der Waals surface area contributed by atoms with Gasteiger partial charge in [0, 0.05) is 51.0 Å². The molecular formula is C73H76ClN8O8PS2. The van der Waals surface area contributed by atoms with Crippen LogP contribution in [-0.4, -0.2) is 105 Å². The van der Waals surface area contributed by atoms with Crippen LogP contribution in [0.4, 0.5) is 5.82 Å². The molecule has 0 aliphatic carbocycles. The van der Waals surface area contributed by atoms with Gasteiger partial charge in [0.1, 0.15) is 41.5 Å². The van der Waals surface area contributed by atoms with Gasteiger partial charge in [0.2, 0.25) is 5.91 Å². The summed E-state index contributed by atoms with van der Waals surface area (Å²) in [5.74, 6) is 3.09. The Kier molecular flexibility index (Phi) is 22.6. The van der Waals surface area contributed by atoms with Crippen molar-refractivity contribution in [2.45, 2.75) is 112 Å². The van der Waals surface area contributed by atoms with Gasteiger partial charge in [-0.3, -0.25) is 9.36 Å². The molecule has 0 bridgehead atoms. The normalized spacial score (nSPS) is 15.4. The van der Waals surface area contributed by atoms with Gasteiger partial charge in [-0.1, -0.05) is 151 Å². The van der Waals surface area contributed by atoms with Crippen LogP contribution in [0.3, 0.4) is 0 Å². The zero-order valence-corrected chi connectivity index (χ0v) is 56.5. The van der Waals surface area contributed by atoms with Gasteiger partial charge in [-0.2, -0.15) is 5.26 Å². The SMILES string of the molecule is COc1ccc(C(OCC2OC(n3c(SCCCCCSc4c5ccc(Cl)cc5nc5cc(OC)ccc45)nc4c(NC(=O)C(c5ccccc5)c5ccccc5)ncnc43)CC2OP(OCCC#N)N(C(C)C)C(C)C)(c2ccccc2)c2ccc(OC)cc2)cc1. The number of nitrogens with one attached hydrogen (secondary N) is 1. The number of nitrogens with zero attached hydrogens (tertiary/aromatic N) is 7. The molecule has 16 nitrogen and oxygen atoms in total. The average molecular weight is 1320 g/mol. The van der Waals surface area contributed by atoms with E-state index in [9.17, 15) is 10.1 Å². The van der Waals surface area contributed by atoms with Gasteiger partial charge in [-0.05, 0) is 123 Å². The van der Waals surface area contributed by atoms with E-state index in [1.165, 1.54) is 6.33 Å². The molecule has 20 heteroatoms. The van der Waals surface area contributed by atoms with Crippen LogP contribution in [0.1, 0.15) is 99.8 Å². The highest BCUT2D eigenvalue weighted by molar-refractivity contribution is 7.99. The number of amides is 1. The molecule has 4 heterocycles. The highest BCUT2D eigenvalue weighted by Gasteiger charge is 2.46. The van der Waals surface area contributed by atoms with Gasteiger partial charge in [-0.25, -0.2) is 24.6 Å². The summed E-state index contributed by atoms with van der Waals surface area (Å²) in [6.45, 7) is 8.70. The lowest BCUT2D eigenvalue weighted by Gasteiger charge is -2.39. The van der Waals surface area contributed by atoms with E-state index in [0.717, 1.165) is 85.3 Å². The highest BCUT2D eigenvalue weighted by Crippen LogP contribution is 2.52. The lowest BCUT2D eigenvalue weighted by Crippen LogP contribution is -2.39. The number of thioether (sulfide) groups is 2. The van der Waals surface area contributed by atoms with Crippen molar-refractivity contribution in [3.05, 3.63) is 215 Å². The number of benzene rings is 7. The van der Waals surface area contributed by atoms with Crippen LogP contribution in [0.15, 0.2) is 192 Å². The first-order chi connectivity index (χ1) is 45.4. The van der Waals surface area contributed by atoms with Crippen molar-refractivity contribution in [3.63, 3.8) is 0 Å². The predicted octanol–water partition coefficient (Wildman–Crippen LogP) is 17.0. The Morgan fingerprint density at radius 3 is 1.89 bits per heavy atom. The molecule has 0 saturated carbocycles. The van der Waals surface area contributed by atoms with Gasteiger partial charge in [-0.15, -0.1) is 11.8 Å². The third kappa shape index (κ3) is 15.3. The molecule has 1 fully saturated rings. The number of anilines is 1. The monoisotopic (exact) mass is 1320 g/mol. The molecule has 10 aromatic rings. The molecule has 93 heavy (non-hydrogen) atoms.